The van der Waals surface area contributed by atoms with Gasteiger partial charge in [0.2, 0.25) is 0 Å². The Morgan fingerprint density at radius 3 is 2.58 bits per heavy atom. The number of hydrogen-bond donors (Lipinski definition) is 0. The molecule has 0 unspecified atom stereocenters. The average Bonchev–Trinajstić information content (AvgIpc) is 2.53. The monoisotopic (exact) mass is 333 g/mol. The minimum atomic E-state index is -0.444. The second-order valence-electron chi connectivity index (χ2n) is 5.89. The van der Waals surface area contributed by atoms with Crippen LogP contribution in [0.15, 0.2) is 30.4 Å². The van der Waals surface area contributed by atoms with Gasteiger partial charge in [0.1, 0.15) is 5.75 Å². The Morgan fingerprint density at radius 1 is 1.25 bits per heavy atom. The van der Waals surface area contributed by atoms with E-state index in [0.29, 0.717) is 13.1 Å². The van der Waals surface area contributed by atoms with Crippen LogP contribution in [-0.4, -0.2) is 43.1 Å². The minimum absolute atomic E-state index is 0.104. The smallest absolute Gasteiger partial charge is 0.309 e. The summed E-state index contributed by atoms with van der Waals surface area (Å²) in [6.45, 7) is 12.5. The molecule has 0 saturated heterocycles. The molecule has 1 aromatic rings. The number of carbonyl (C=O) groups is 2. The molecule has 0 radical (unpaired) electrons. The molecule has 0 N–H and O–H groups in total. The summed E-state index contributed by atoms with van der Waals surface area (Å²) in [4.78, 5) is 25.3. The first-order valence-corrected chi connectivity index (χ1v) is 8.11. The maximum atomic E-state index is 12.0. The summed E-state index contributed by atoms with van der Waals surface area (Å²) < 4.78 is 10.6. The van der Waals surface area contributed by atoms with Crippen LogP contribution in [0.1, 0.15) is 31.4 Å². The zero-order chi connectivity index (χ0) is 18.1. The highest BCUT2D eigenvalue weighted by Gasteiger charge is 2.14. The van der Waals surface area contributed by atoms with Gasteiger partial charge in [-0.05, 0) is 44.9 Å². The Kier molecular flexibility index (Phi) is 8.02. The van der Waals surface area contributed by atoms with Gasteiger partial charge >= 0.3 is 5.97 Å². The van der Waals surface area contributed by atoms with E-state index in [2.05, 4.69) is 6.58 Å². The predicted molar refractivity (Wildman–Crippen MR) is 94.1 cm³/mol. The van der Waals surface area contributed by atoms with Gasteiger partial charge in [0, 0.05) is 13.1 Å². The lowest BCUT2D eigenvalue weighted by Crippen LogP contribution is -2.35. The Hall–Kier alpha value is -2.30. The number of rotatable bonds is 9. The van der Waals surface area contributed by atoms with E-state index >= 15 is 0 Å². The Bertz CT molecular complexity index is 595. The molecule has 1 rings (SSSR count). The van der Waals surface area contributed by atoms with Crippen LogP contribution in [0.25, 0.3) is 0 Å². The molecule has 24 heavy (non-hydrogen) atoms. The van der Waals surface area contributed by atoms with Crippen molar-refractivity contribution in [3.05, 3.63) is 41.5 Å². The van der Waals surface area contributed by atoms with Gasteiger partial charge in [-0.1, -0.05) is 24.3 Å². The first-order valence-electron chi connectivity index (χ1n) is 8.11. The first-order chi connectivity index (χ1) is 11.3. The van der Waals surface area contributed by atoms with E-state index in [9.17, 15) is 9.59 Å². The van der Waals surface area contributed by atoms with Crippen molar-refractivity contribution in [2.45, 2.75) is 34.1 Å². The molecule has 5 nitrogen and oxygen atoms in total. The normalized spacial score (nSPS) is 10.2. The van der Waals surface area contributed by atoms with E-state index in [1.165, 1.54) is 0 Å². The molecule has 0 aliphatic carbocycles. The van der Waals surface area contributed by atoms with Gasteiger partial charge in [-0.3, -0.25) is 9.59 Å². The summed E-state index contributed by atoms with van der Waals surface area (Å²) >= 11 is 0. The lowest BCUT2D eigenvalue weighted by atomic mass is 10.1. The van der Waals surface area contributed by atoms with Crippen LogP contribution in [0.5, 0.6) is 5.75 Å². The third-order valence-electron chi connectivity index (χ3n) is 3.46. The van der Waals surface area contributed by atoms with Crippen molar-refractivity contribution in [2.24, 2.45) is 0 Å². The van der Waals surface area contributed by atoms with E-state index in [0.717, 1.165) is 22.4 Å². The molecule has 0 saturated carbocycles. The summed E-state index contributed by atoms with van der Waals surface area (Å²) in [5, 5.41) is 0. The summed E-state index contributed by atoms with van der Waals surface area (Å²) in [6, 6.07) is 5.91. The second-order valence-corrected chi connectivity index (χ2v) is 5.89. The zero-order valence-corrected chi connectivity index (χ0v) is 15.1. The molecule has 0 heterocycles. The molecule has 0 bridgehead atoms. The standard InChI is InChI=1S/C19H27NO4/c1-6-20(12-14(2)3)18(21)13-24-19(22)9-10-23-17-11-15(4)7-8-16(17)5/h7-8,11H,2,6,9-10,12-13H2,1,3-5H3. The number of amides is 1. The number of esters is 1. The van der Waals surface area contributed by atoms with Gasteiger partial charge in [-0.2, -0.15) is 0 Å². The van der Waals surface area contributed by atoms with Crippen LogP contribution in [0.3, 0.4) is 0 Å². The molecule has 1 amide bonds. The summed E-state index contributed by atoms with van der Waals surface area (Å²) in [5.41, 5.74) is 3.00. The molecule has 1 aromatic carbocycles. The number of likely N-dealkylation sites (N-methyl/N-ethyl adjacent to an activating group) is 1. The zero-order valence-electron chi connectivity index (χ0n) is 15.1. The first kappa shape index (κ1) is 19.7. The van der Waals surface area contributed by atoms with Crippen molar-refractivity contribution < 1.29 is 19.1 Å². The second kappa shape index (κ2) is 9.75. The summed E-state index contributed by atoms with van der Waals surface area (Å²) in [7, 11) is 0. The van der Waals surface area contributed by atoms with Crippen molar-refractivity contribution >= 4 is 11.9 Å². The minimum Gasteiger partial charge on any atom is -0.493 e. The Balaban J connectivity index is 2.35. The van der Waals surface area contributed by atoms with Crippen LogP contribution in [-0.2, 0) is 14.3 Å². The third-order valence-corrected chi connectivity index (χ3v) is 3.46. The van der Waals surface area contributed by atoms with Gasteiger partial charge in [0.15, 0.2) is 6.61 Å². The number of carbonyl (C=O) groups excluding carboxylic acids is 2. The molecular weight excluding hydrogens is 306 g/mol. The van der Waals surface area contributed by atoms with E-state index in [4.69, 9.17) is 9.47 Å². The predicted octanol–water partition coefficient (Wildman–Crippen LogP) is 3.04. The summed E-state index contributed by atoms with van der Waals surface area (Å²) in [5.74, 6) is 0.0989. The molecule has 0 aliphatic rings. The lowest BCUT2D eigenvalue weighted by Gasteiger charge is -2.20. The third kappa shape index (κ3) is 6.86. The Morgan fingerprint density at radius 2 is 1.96 bits per heavy atom. The maximum Gasteiger partial charge on any atom is 0.309 e. The number of ether oxygens (including phenoxy) is 2. The molecule has 5 heteroatoms. The van der Waals surface area contributed by atoms with E-state index in [-0.39, 0.29) is 25.5 Å². The topological polar surface area (TPSA) is 55.8 Å². The maximum absolute atomic E-state index is 12.0. The van der Waals surface area contributed by atoms with Crippen LogP contribution in [0.4, 0.5) is 0 Å². The largest absolute Gasteiger partial charge is 0.493 e. The molecule has 0 atom stereocenters. The van der Waals surface area contributed by atoms with Gasteiger partial charge < -0.3 is 14.4 Å². The number of benzene rings is 1. The highest BCUT2D eigenvalue weighted by molar-refractivity contribution is 5.80. The van der Waals surface area contributed by atoms with Crippen LogP contribution in [0, 0.1) is 13.8 Å². The van der Waals surface area contributed by atoms with Crippen molar-refractivity contribution in [2.75, 3.05) is 26.3 Å². The fourth-order valence-electron chi connectivity index (χ4n) is 2.11. The van der Waals surface area contributed by atoms with Gasteiger partial charge in [-0.25, -0.2) is 0 Å². The SMILES string of the molecule is C=C(C)CN(CC)C(=O)COC(=O)CCOc1cc(C)ccc1C. The van der Waals surface area contributed by atoms with Crippen molar-refractivity contribution in [1.29, 1.82) is 0 Å². The molecule has 132 valence electrons. The van der Waals surface area contributed by atoms with E-state index < -0.39 is 5.97 Å². The van der Waals surface area contributed by atoms with Gasteiger partial charge in [-0.15, -0.1) is 0 Å². The van der Waals surface area contributed by atoms with Gasteiger partial charge in [0.25, 0.3) is 5.91 Å². The van der Waals surface area contributed by atoms with Crippen LogP contribution in [0.2, 0.25) is 0 Å². The highest BCUT2D eigenvalue weighted by atomic mass is 16.5. The fraction of sp³-hybridized carbons (Fsp3) is 0.474. The summed E-state index contributed by atoms with van der Waals surface area (Å²) in [6.07, 6.45) is 0.104. The quantitative estimate of drug-likeness (QED) is 0.515. The van der Waals surface area contributed by atoms with Gasteiger partial charge in [0.05, 0.1) is 13.0 Å². The molecule has 0 fully saturated rings. The number of hydrogen-bond acceptors (Lipinski definition) is 4. The van der Waals surface area contributed by atoms with E-state index in [1.54, 1.807) is 4.90 Å². The molecule has 0 spiro atoms. The molecular formula is C19H27NO4. The molecule has 0 aliphatic heterocycles. The van der Waals surface area contributed by atoms with Crippen molar-refractivity contribution in [1.82, 2.24) is 4.90 Å². The number of nitrogens with zero attached hydrogens (tertiary/aromatic N) is 1. The number of aryl methyl sites for hydroxylation is 2. The van der Waals surface area contributed by atoms with Crippen molar-refractivity contribution in [3.8, 4) is 5.75 Å². The van der Waals surface area contributed by atoms with Crippen molar-refractivity contribution in [3.63, 3.8) is 0 Å². The Labute approximate surface area is 144 Å². The highest BCUT2D eigenvalue weighted by Crippen LogP contribution is 2.19. The van der Waals surface area contributed by atoms with Crippen LogP contribution >= 0.6 is 0 Å². The average molecular weight is 333 g/mol. The lowest BCUT2D eigenvalue weighted by molar-refractivity contribution is -0.152. The van der Waals surface area contributed by atoms with Crippen LogP contribution < -0.4 is 4.74 Å². The molecule has 0 aromatic heterocycles. The van der Waals surface area contributed by atoms with E-state index in [1.807, 2.05) is 45.9 Å². The fourth-order valence-corrected chi connectivity index (χ4v) is 2.11.